The molecule has 0 radical (unpaired) electrons. The SMILES string of the molecule is CCn1ncc(Cl)c1C(=O)c1cc(C)c(F)cc1F. The van der Waals surface area contributed by atoms with Gasteiger partial charge in [-0.3, -0.25) is 9.48 Å². The van der Waals surface area contributed by atoms with Gasteiger partial charge in [0.1, 0.15) is 17.3 Å². The molecule has 0 saturated carbocycles. The van der Waals surface area contributed by atoms with Crippen LogP contribution in [0.2, 0.25) is 5.02 Å². The van der Waals surface area contributed by atoms with Crippen LogP contribution >= 0.6 is 11.6 Å². The van der Waals surface area contributed by atoms with Crippen LogP contribution in [-0.4, -0.2) is 15.6 Å². The number of carbonyl (C=O) groups excluding carboxylic acids is 1. The molecule has 100 valence electrons. The zero-order chi connectivity index (χ0) is 14.2. The largest absolute Gasteiger partial charge is 0.287 e. The molecule has 0 aliphatic heterocycles. The van der Waals surface area contributed by atoms with Crippen LogP contribution in [0.25, 0.3) is 0 Å². The minimum Gasteiger partial charge on any atom is -0.287 e. The number of rotatable bonds is 3. The Morgan fingerprint density at radius 1 is 1.37 bits per heavy atom. The van der Waals surface area contributed by atoms with Gasteiger partial charge < -0.3 is 0 Å². The summed E-state index contributed by atoms with van der Waals surface area (Å²) < 4.78 is 28.3. The van der Waals surface area contributed by atoms with Crippen molar-refractivity contribution in [3.8, 4) is 0 Å². The first-order valence-electron chi connectivity index (χ1n) is 5.67. The molecule has 0 aliphatic rings. The second-order valence-corrected chi connectivity index (χ2v) is 4.47. The fraction of sp³-hybridized carbons (Fsp3) is 0.231. The smallest absolute Gasteiger partial charge is 0.215 e. The number of aryl methyl sites for hydroxylation is 2. The summed E-state index contributed by atoms with van der Waals surface area (Å²) in [6.45, 7) is 3.67. The van der Waals surface area contributed by atoms with E-state index >= 15 is 0 Å². The summed E-state index contributed by atoms with van der Waals surface area (Å²) in [4.78, 5) is 12.3. The lowest BCUT2D eigenvalue weighted by Gasteiger charge is -2.07. The topological polar surface area (TPSA) is 34.9 Å². The second kappa shape index (κ2) is 5.09. The zero-order valence-electron chi connectivity index (χ0n) is 10.4. The Labute approximate surface area is 113 Å². The van der Waals surface area contributed by atoms with Gasteiger partial charge in [0, 0.05) is 12.6 Å². The molecule has 0 N–H and O–H groups in total. The van der Waals surface area contributed by atoms with E-state index in [0.29, 0.717) is 12.6 Å². The molecule has 6 heteroatoms. The number of hydrogen-bond donors (Lipinski definition) is 0. The lowest BCUT2D eigenvalue weighted by Crippen LogP contribution is -2.13. The van der Waals surface area contributed by atoms with E-state index < -0.39 is 17.4 Å². The number of hydrogen-bond acceptors (Lipinski definition) is 2. The van der Waals surface area contributed by atoms with Gasteiger partial charge in [-0.1, -0.05) is 11.6 Å². The van der Waals surface area contributed by atoms with Gasteiger partial charge in [-0.05, 0) is 25.5 Å². The highest BCUT2D eigenvalue weighted by Gasteiger charge is 2.22. The molecule has 1 heterocycles. The summed E-state index contributed by atoms with van der Waals surface area (Å²) in [7, 11) is 0. The molecular formula is C13H11ClF2N2O. The highest BCUT2D eigenvalue weighted by Crippen LogP contribution is 2.22. The average molecular weight is 285 g/mol. The summed E-state index contributed by atoms with van der Waals surface area (Å²) in [6.07, 6.45) is 1.33. The zero-order valence-corrected chi connectivity index (χ0v) is 11.1. The van der Waals surface area contributed by atoms with Crippen molar-refractivity contribution in [3.05, 3.63) is 51.8 Å². The van der Waals surface area contributed by atoms with Gasteiger partial charge in [-0.2, -0.15) is 5.10 Å². The van der Waals surface area contributed by atoms with Gasteiger partial charge in [0.15, 0.2) is 0 Å². The highest BCUT2D eigenvalue weighted by atomic mass is 35.5. The second-order valence-electron chi connectivity index (χ2n) is 4.07. The normalized spacial score (nSPS) is 10.8. The van der Waals surface area contributed by atoms with E-state index in [1.165, 1.54) is 23.9 Å². The number of carbonyl (C=O) groups is 1. The third-order valence-electron chi connectivity index (χ3n) is 2.80. The Hall–Kier alpha value is -1.75. The average Bonchev–Trinajstić information content (AvgIpc) is 2.74. The van der Waals surface area contributed by atoms with E-state index in [9.17, 15) is 13.6 Å². The lowest BCUT2D eigenvalue weighted by atomic mass is 10.0. The molecule has 3 nitrogen and oxygen atoms in total. The third kappa shape index (κ3) is 2.38. The van der Waals surface area contributed by atoms with Gasteiger partial charge in [-0.15, -0.1) is 0 Å². The summed E-state index contributed by atoms with van der Waals surface area (Å²) in [5.41, 5.74) is 0.0912. The molecule has 2 aromatic rings. The third-order valence-corrected chi connectivity index (χ3v) is 3.08. The van der Waals surface area contributed by atoms with Crippen LogP contribution in [0.3, 0.4) is 0 Å². The van der Waals surface area contributed by atoms with Gasteiger partial charge in [-0.25, -0.2) is 8.78 Å². The molecule has 2 rings (SSSR count). The highest BCUT2D eigenvalue weighted by molar-refractivity contribution is 6.34. The number of aromatic nitrogens is 2. The molecule has 0 bridgehead atoms. The maximum absolute atomic E-state index is 13.7. The molecule has 0 aliphatic carbocycles. The summed E-state index contributed by atoms with van der Waals surface area (Å²) in [5, 5.41) is 4.06. The van der Waals surface area contributed by atoms with Crippen LogP contribution in [0.15, 0.2) is 18.3 Å². The molecule has 19 heavy (non-hydrogen) atoms. The van der Waals surface area contributed by atoms with Crippen LogP contribution in [-0.2, 0) is 6.54 Å². The van der Waals surface area contributed by atoms with Crippen molar-refractivity contribution in [1.82, 2.24) is 9.78 Å². The van der Waals surface area contributed by atoms with Crippen molar-refractivity contribution < 1.29 is 13.6 Å². The van der Waals surface area contributed by atoms with Crippen LogP contribution in [0.1, 0.15) is 28.5 Å². The van der Waals surface area contributed by atoms with Crippen molar-refractivity contribution in [2.24, 2.45) is 0 Å². The minimum absolute atomic E-state index is 0.106. The van der Waals surface area contributed by atoms with Crippen LogP contribution in [0.5, 0.6) is 0 Å². The van der Waals surface area contributed by atoms with Crippen molar-refractivity contribution in [3.63, 3.8) is 0 Å². The van der Waals surface area contributed by atoms with Crippen molar-refractivity contribution >= 4 is 17.4 Å². The number of ketones is 1. The van der Waals surface area contributed by atoms with Gasteiger partial charge in [0.2, 0.25) is 5.78 Å². The first kappa shape index (κ1) is 13.7. The van der Waals surface area contributed by atoms with Gasteiger partial charge >= 0.3 is 0 Å². The Morgan fingerprint density at radius 2 is 2.05 bits per heavy atom. The van der Waals surface area contributed by atoms with Crippen LogP contribution < -0.4 is 0 Å². The molecule has 0 saturated heterocycles. The molecule has 0 atom stereocenters. The quantitative estimate of drug-likeness (QED) is 0.810. The Bertz CT molecular complexity index is 652. The maximum atomic E-state index is 13.7. The van der Waals surface area contributed by atoms with Gasteiger partial charge in [0.05, 0.1) is 16.8 Å². The van der Waals surface area contributed by atoms with Gasteiger partial charge in [0.25, 0.3) is 0 Å². The number of nitrogens with zero attached hydrogens (tertiary/aromatic N) is 2. The van der Waals surface area contributed by atoms with Crippen molar-refractivity contribution in [2.45, 2.75) is 20.4 Å². The summed E-state index contributed by atoms with van der Waals surface area (Å²) in [5.74, 6) is -2.21. The molecule has 0 amide bonds. The van der Waals surface area contributed by atoms with E-state index in [4.69, 9.17) is 11.6 Å². The van der Waals surface area contributed by atoms with E-state index in [2.05, 4.69) is 5.10 Å². The van der Waals surface area contributed by atoms with Crippen molar-refractivity contribution in [2.75, 3.05) is 0 Å². The fourth-order valence-corrected chi connectivity index (χ4v) is 2.01. The molecule has 0 spiro atoms. The molecule has 1 aromatic carbocycles. The van der Waals surface area contributed by atoms with E-state index in [1.807, 2.05) is 0 Å². The number of halogens is 3. The fourth-order valence-electron chi connectivity index (χ4n) is 1.79. The predicted molar refractivity (Wildman–Crippen MR) is 67.4 cm³/mol. The van der Waals surface area contributed by atoms with E-state index in [-0.39, 0.29) is 21.8 Å². The number of benzene rings is 1. The Kier molecular flexibility index (Phi) is 3.66. The van der Waals surface area contributed by atoms with E-state index in [0.717, 1.165) is 0 Å². The lowest BCUT2D eigenvalue weighted by molar-refractivity contribution is 0.102. The Balaban J connectivity index is 2.56. The standard InChI is InChI=1S/C13H11ClF2N2O/c1-3-18-12(9(14)6-17-18)13(19)8-4-7(2)10(15)5-11(8)16/h4-6H,3H2,1-2H3. The predicted octanol–water partition coefficient (Wildman–Crippen LogP) is 3.37. The van der Waals surface area contributed by atoms with Crippen molar-refractivity contribution in [1.29, 1.82) is 0 Å². The van der Waals surface area contributed by atoms with Crippen LogP contribution in [0.4, 0.5) is 8.78 Å². The summed E-state index contributed by atoms with van der Waals surface area (Å²) in [6, 6.07) is 1.87. The summed E-state index contributed by atoms with van der Waals surface area (Å²) >= 11 is 5.89. The Morgan fingerprint density at radius 3 is 2.68 bits per heavy atom. The molecular weight excluding hydrogens is 274 g/mol. The van der Waals surface area contributed by atoms with E-state index in [1.54, 1.807) is 6.92 Å². The minimum atomic E-state index is -0.909. The first-order chi connectivity index (χ1) is 8.95. The van der Waals surface area contributed by atoms with Crippen LogP contribution in [0, 0.1) is 18.6 Å². The monoisotopic (exact) mass is 284 g/mol. The molecule has 1 aromatic heterocycles. The maximum Gasteiger partial charge on any atom is 0.215 e. The molecule has 0 fully saturated rings. The molecule has 0 unspecified atom stereocenters. The first-order valence-corrected chi connectivity index (χ1v) is 6.05.